The Morgan fingerprint density at radius 2 is 1.87 bits per heavy atom. The van der Waals surface area contributed by atoms with Gasteiger partial charge in [-0.3, -0.25) is 9.59 Å². The third-order valence-corrected chi connectivity index (χ3v) is 8.94. The molecule has 2 fully saturated rings. The van der Waals surface area contributed by atoms with Crippen molar-refractivity contribution in [3.8, 4) is 0 Å². The van der Waals surface area contributed by atoms with E-state index in [-0.39, 0.29) is 17.4 Å². The maximum absolute atomic E-state index is 13.2. The van der Waals surface area contributed by atoms with Gasteiger partial charge in [0.25, 0.3) is 0 Å². The van der Waals surface area contributed by atoms with Crippen molar-refractivity contribution in [2.24, 2.45) is 23.2 Å². The Morgan fingerprint density at radius 3 is 2.48 bits per heavy atom. The molecule has 0 radical (unpaired) electrons. The number of rotatable bonds is 6. The number of hydrogen-bond acceptors (Lipinski definition) is 6. The first-order valence-electron chi connectivity index (χ1n) is 11.1. The van der Waals surface area contributed by atoms with Gasteiger partial charge in [-0.25, -0.2) is 4.79 Å². The lowest BCUT2D eigenvalue weighted by Crippen LogP contribution is -2.41. The highest BCUT2D eigenvalue weighted by molar-refractivity contribution is 7.17. The number of thiophene rings is 1. The van der Waals surface area contributed by atoms with Gasteiger partial charge in [-0.15, -0.1) is 11.3 Å². The number of esters is 1. The van der Waals surface area contributed by atoms with Crippen LogP contribution in [0.2, 0.25) is 0 Å². The lowest BCUT2D eigenvalue weighted by atomic mass is 9.69. The van der Waals surface area contributed by atoms with Crippen LogP contribution >= 0.6 is 11.3 Å². The summed E-state index contributed by atoms with van der Waals surface area (Å²) in [6.07, 6.45) is 4.27. The van der Waals surface area contributed by atoms with Crippen molar-refractivity contribution in [1.82, 2.24) is 0 Å². The zero-order chi connectivity index (χ0) is 22.5. The largest absolute Gasteiger partial charge is 0.481 e. The third kappa shape index (κ3) is 3.78. The molecule has 1 aromatic heterocycles. The first-order chi connectivity index (χ1) is 14.7. The van der Waals surface area contributed by atoms with Gasteiger partial charge < -0.3 is 19.9 Å². The molecule has 5 atom stereocenters. The molecule has 4 rings (SSSR count). The van der Waals surface area contributed by atoms with Crippen molar-refractivity contribution in [1.29, 1.82) is 0 Å². The molecule has 0 unspecified atom stereocenters. The Bertz CT molecular complexity index is 906. The van der Waals surface area contributed by atoms with E-state index in [1.165, 1.54) is 18.4 Å². The summed E-state index contributed by atoms with van der Waals surface area (Å²) < 4.78 is 10.8. The molecule has 1 amide bonds. The van der Waals surface area contributed by atoms with Crippen LogP contribution in [0.1, 0.15) is 67.3 Å². The molecular weight excluding hydrogens is 418 g/mol. The molecule has 3 aliphatic rings. The summed E-state index contributed by atoms with van der Waals surface area (Å²) in [7, 11) is 1.34. The number of hydrogen-bond donors (Lipinski definition) is 2. The van der Waals surface area contributed by atoms with Gasteiger partial charge in [0, 0.05) is 4.88 Å². The quantitative estimate of drug-likeness (QED) is 0.639. The fourth-order valence-corrected chi connectivity index (χ4v) is 6.79. The van der Waals surface area contributed by atoms with E-state index in [1.54, 1.807) is 0 Å². The molecule has 0 spiro atoms. The SMILES string of the molecule is CCC(C)(C)[C@@H]1CCc2c(sc(NC(=O)[C@H]3[C@H](C(=O)O)[C@H]4CC[C@H]3O4)c2C(=O)OC)C1. The second-order valence-corrected chi connectivity index (χ2v) is 10.8. The van der Waals surface area contributed by atoms with Crippen molar-refractivity contribution in [3.63, 3.8) is 0 Å². The number of methoxy groups -OCH3 is 1. The third-order valence-electron chi connectivity index (χ3n) is 7.77. The monoisotopic (exact) mass is 449 g/mol. The maximum atomic E-state index is 13.2. The zero-order valence-electron chi connectivity index (χ0n) is 18.5. The number of aliphatic carboxylic acids is 1. The molecule has 2 saturated heterocycles. The molecule has 2 bridgehead atoms. The van der Waals surface area contributed by atoms with Gasteiger partial charge in [0.2, 0.25) is 5.91 Å². The first kappa shape index (κ1) is 22.3. The Balaban J connectivity index is 1.62. The number of nitrogens with one attached hydrogen (secondary N) is 1. The van der Waals surface area contributed by atoms with Gasteiger partial charge in [0.05, 0.1) is 36.7 Å². The molecule has 0 aromatic carbocycles. The van der Waals surface area contributed by atoms with Crippen molar-refractivity contribution in [2.75, 3.05) is 12.4 Å². The van der Waals surface area contributed by atoms with E-state index in [2.05, 4.69) is 26.1 Å². The number of carbonyl (C=O) groups is 3. The fraction of sp³-hybridized carbons (Fsp3) is 0.696. The average molecular weight is 450 g/mol. The summed E-state index contributed by atoms with van der Waals surface area (Å²) in [6.45, 7) is 6.76. The van der Waals surface area contributed by atoms with Crippen LogP contribution in [-0.4, -0.2) is 42.3 Å². The maximum Gasteiger partial charge on any atom is 0.341 e. The van der Waals surface area contributed by atoms with Crippen LogP contribution in [0.15, 0.2) is 0 Å². The van der Waals surface area contributed by atoms with E-state index in [4.69, 9.17) is 9.47 Å². The summed E-state index contributed by atoms with van der Waals surface area (Å²) in [5.74, 6) is -2.92. The minimum absolute atomic E-state index is 0.200. The second-order valence-electron chi connectivity index (χ2n) is 9.65. The number of amides is 1. The lowest BCUT2D eigenvalue weighted by Gasteiger charge is -2.36. The Morgan fingerprint density at radius 1 is 1.19 bits per heavy atom. The normalized spacial score (nSPS) is 29.5. The molecule has 0 saturated carbocycles. The predicted molar refractivity (Wildman–Crippen MR) is 116 cm³/mol. The summed E-state index contributed by atoms with van der Waals surface area (Å²) in [4.78, 5) is 38.7. The van der Waals surface area contributed by atoms with E-state index in [0.29, 0.717) is 29.3 Å². The molecule has 1 aliphatic carbocycles. The Labute approximate surface area is 186 Å². The van der Waals surface area contributed by atoms with Crippen molar-refractivity contribution < 1.29 is 29.0 Å². The van der Waals surface area contributed by atoms with Gasteiger partial charge in [-0.1, -0.05) is 27.2 Å². The summed E-state index contributed by atoms with van der Waals surface area (Å²) in [5.41, 5.74) is 1.60. The Kier molecular flexibility index (Phi) is 5.89. The van der Waals surface area contributed by atoms with Crippen molar-refractivity contribution in [3.05, 3.63) is 16.0 Å². The van der Waals surface area contributed by atoms with Gasteiger partial charge in [-0.2, -0.15) is 0 Å². The van der Waals surface area contributed by atoms with E-state index < -0.39 is 29.9 Å². The highest BCUT2D eigenvalue weighted by Gasteiger charge is 2.55. The van der Waals surface area contributed by atoms with Gasteiger partial charge >= 0.3 is 11.9 Å². The first-order valence-corrected chi connectivity index (χ1v) is 11.9. The van der Waals surface area contributed by atoms with Crippen LogP contribution in [0.25, 0.3) is 0 Å². The van der Waals surface area contributed by atoms with Crippen LogP contribution < -0.4 is 5.32 Å². The van der Waals surface area contributed by atoms with Crippen LogP contribution in [0.5, 0.6) is 0 Å². The molecule has 2 N–H and O–H groups in total. The average Bonchev–Trinajstić information content (AvgIpc) is 3.44. The van der Waals surface area contributed by atoms with E-state index in [0.717, 1.165) is 36.1 Å². The number of fused-ring (bicyclic) bond motifs is 3. The number of carboxylic acids is 1. The molecule has 31 heavy (non-hydrogen) atoms. The van der Waals surface area contributed by atoms with Gasteiger partial charge in [-0.05, 0) is 49.0 Å². The highest BCUT2D eigenvalue weighted by Crippen LogP contribution is 2.47. The van der Waals surface area contributed by atoms with Crippen molar-refractivity contribution in [2.45, 2.75) is 71.5 Å². The van der Waals surface area contributed by atoms with E-state index in [9.17, 15) is 19.5 Å². The molecule has 8 heteroatoms. The van der Waals surface area contributed by atoms with Crippen LogP contribution in [0, 0.1) is 23.2 Å². The summed E-state index contributed by atoms with van der Waals surface area (Å²) in [5, 5.41) is 13.0. The lowest BCUT2D eigenvalue weighted by molar-refractivity contribution is -0.147. The van der Waals surface area contributed by atoms with Crippen LogP contribution in [0.4, 0.5) is 5.00 Å². The number of anilines is 1. The van der Waals surface area contributed by atoms with Gasteiger partial charge in [0.1, 0.15) is 5.00 Å². The molecule has 170 valence electrons. The van der Waals surface area contributed by atoms with Crippen LogP contribution in [0.3, 0.4) is 0 Å². The summed E-state index contributed by atoms with van der Waals surface area (Å²) >= 11 is 1.43. The molecule has 2 aliphatic heterocycles. The van der Waals surface area contributed by atoms with E-state index >= 15 is 0 Å². The Hall–Kier alpha value is -1.93. The summed E-state index contributed by atoms with van der Waals surface area (Å²) in [6, 6.07) is 0. The molecule has 7 nitrogen and oxygen atoms in total. The minimum Gasteiger partial charge on any atom is -0.481 e. The number of carbonyl (C=O) groups excluding carboxylic acids is 2. The molecule has 1 aromatic rings. The van der Waals surface area contributed by atoms with Crippen molar-refractivity contribution >= 4 is 34.2 Å². The topological polar surface area (TPSA) is 102 Å². The van der Waals surface area contributed by atoms with Gasteiger partial charge in [0.15, 0.2) is 0 Å². The fourth-order valence-electron chi connectivity index (χ4n) is 5.47. The van der Waals surface area contributed by atoms with E-state index in [1.807, 2.05) is 0 Å². The standard InChI is InChI=1S/C23H31NO6S/c1-5-23(2,3)11-6-7-12-15(10-11)31-20(16(12)22(28)29-4)24-19(25)17-13-8-9-14(30-13)18(17)21(26)27/h11,13-14,17-18H,5-10H2,1-4H3,(H,24,25)(H,26,27)/t11-,13-,14-,17-,18-/m1/s1. The molecule has 3 heterocycles. The molecular formula is C23H31NO6S. The highest BCUT2D eigenvalue weighted by atomic mass is 32.1. The second kappa shape index (κ2) is 8.20. The number of carboxylic acid groups (broad SMARTS) is 1. The smallest absolute Gasteiger partial charge is 0.341 e. The zero-order valence-corrected chi connectivity index (χ0v) is 19.3. The minimum atomic E-state index is -1.00. The van der Waals surface area contributed by atoms with Crippen LogP contribution in [-0.2, 0) is 31.9 Å². The number of ether oxygens (including phenoxy) is 2. The predicted octanol–water partition coefficient (Wildman–Crippen LogP) is 3.89.